The summed E-state index contributed by atoms with van der Waals surface area (Å²) in [6.07, 6.45) is 0. The molecule has 1 heterocycles. The number of methoxy groups -OCH3 is 1. The summed E-state index contributed by atoms with van der Waals surface area (Å²) in [5.74, 6) is -1.51. The molecular formula is C10H6Cl2N2O3. The van der Waals surface area contributed by atoms with E-state index in [1.165, 1.54) is 18.2 Å². The van der Waals surface area contributed by atoms with E-state index in [1.54, 1.807) is 0 Å². The quantitative estimate of drug-likeness (QED) is 0.294. The number of carbonyl (C=O) groups is 1. The van der Waals surface area contributed by atoms with Gasteiger partial charge in [0.2, 0.25) is 0 Å². The first-order valence-corrected chi connectivity index (χ1v) is 5.00. The molecule has 0 fully saturated rings. The zero-order valence-corrected chi connectivity index (χ0v) is 10.1. The molecule has 0 radical (unpaired) electrons. The van der Waals surface area contributed by atoms with Crippen LogP contribution in [0, 0.1) is 11.3 Å². The summed E-state index contributed by atoms with van der Waals surface area (Å²) in [7, 11) is 1.10. The predicted molar refractivity (Wildman–Crippen MR) is 61.4 cm³/mol. The fourth-order valence-corrected chi connectivity index (χ4v) is 1.50. The number of aliphatic hydroxyl groups excluding tert-OH is 1. The van der Waals surface area contributed by atoms with Crippen molar-refractivity contribution in [1.82, 2.24) is 4.98 Å². The van der Waals surface area contributed by atoms with Crippen LogP contribution in [0.4, 0.5) is 0 Å². The molecule has 0 aliphatic carbocycles. The van der Waals surface area contributed by atoms with E-state index < -0.39 is 17.3 Å². The molecule has 1 N–H and O–H groups in total. The van der Waals surface area contributed by atoms with E-state index in [0.29, 0.717) is 0 Å². The number of pyridine rings is 1. The molecule has 0 saturated carbocycles. The molecule has 1 aromatic heterocycles. The molecule has 0 aliphatic rings. The largest absolute Gasteiger partial charge is 0.506 e. The number of hydrogen-bond acceptors (Lipinski definition) is 5. The molecule has 1 aromatic rings. The average Bonchev–Trinajstić information content (AvgIpc) is 2.28. The van der Waals surface area contributed by atoms with Crippen LogP contribution in [0.2, 0.25) is 10.3 Å². The third kappa shape index (κ3) is 3.09. The van der Waals surface area contributed by atoms with Crippen LogP contribution in [0.3, 0.4) is 0 Å². The molecule has 88 valence electrons. The Morgan fingerprint density at radius 1 is 1.47 bits per heavy atom. The maximum atomic E-state index is 11.2. The molecule has 0 aliphatic heterocycles. The van der Waals surface area contributed by atoms with E-state index in [4.69, 9.17) is 28.5 Å². The lowest BCUT2D eigenvalue weighted by molar-refractivity contribution is -0.135. The Kier molecular flexibility index (Phi) is 4.32. The zero-order valence-electron chi connectivity index (χ0n) is 8.57. The normalized spacial score (nSPS) is 11.4. The summed E-state index contributed by atoms with van der Waals surface area (Å²) in [5, 5.41) is 18.5. The highest BCUT2D eigenvalue weighted by molar-refractivity contribution is 6.32. The van der Waals surface area contributed by atoms with Crippen molar-refractivity contribution in [1.29, 1.82) is 5.26 Å². The highest BCUT2D eigenvalue weighted by Gasteiger charge is 2.17. The lowest BCUT2D eigenvalue weighted by Crippen LogP contribution is -2.06. The van der Waals surface area contributed by atoms with Gasteiger partial charge in [0.05, 0.1) is 7.11 Å². The van der Waals surface area contributed by atoms with Crippen LogP contribution < -0.4 is 0 Å². The van der Waals surface area contributed by atoms with Crippen LogP contribution in [0.5, 0.6) is 0 Å². The number of aromatic nitrogens is 1. The number of carbonyl (C=O) groups excluding carboxylic acids is 1. The predicted octanol–water partition coefficient (Wildman–Crippen LogP) is 2.35. The van der Waals surface area contributed by atoms with Gasteiger partial charge in [0.15, 0.2) is 5.57 Å². The SMILES string of the molecule is COC(=O)/C(C#N)=C(\O)c1cc(Cl)nc(Cl)c1. The summed E-state index contributed by atoms with van der Waals surface area (Å²) in [6, 6.07) is 4.07. The molecule has 7 heteroatoms. The molecular weight excluding hydrogens is 267 g/mol. The molecule has 17 heavy (non-hydrogen) atoms. The minimum Gasteiger partial charge on any atom is -0.506 e. The number of rotatable bonds is 2. The molecule has 0 amide bonds. The van der Waals surface area contributed by atoms with Crippen LogP contribution in [0.1, 0.15) is 5.56 Å². The second-order valence-electron chi connectivity index (χ2n) is 2.83. The number of hydrogen-bond donors (Lipinski definition) is 1. The smallest absolute Gasteiger partial charge is 0.352 e. The van der Waals surface area contributed by atoms with E-state index in [-0.39, 0.29) is 15.9 Å². The summed E-state index contributed by atoms with van der Waals surface area (Å²) in [6.45, 7) is 0. The molecule has 0 saturated heterocycles. The van der Waals surface area contributed by atoms with Crippen molar-refractivity contribution in [3.8, 4) is 6.07 Å². The summed E-state index contributed by atoms with van der Waals surface area (Å²) in [5.41, 5.74) is -0.428. The molecule has 0 atom stereocenters. The monoisotopic (exact) mass is 272 g/mol. The summed E-state index contributed by atoms with van der Waals surface area (Å²) < 4.78 is 4.35. The third-order valence-electron chi connectivity index (χ3n) is 1.77. The Morgan fingerprint density at radius 2 is 2.00 bits per heavy atom. The van der Waals surface area contributed by atoms with Crippen LogP contribution >= 0.6 is 23.2 Å². The van der Waals surface area contributed by atoms with Crippen molar-refractivity contribution in [2.24, 2.45) is 0 Å². The van der Waals surface area contributed by atoms with E-state index in [2.05, 4.69) is 9.72 Å². The van der Waals surface area contributed by atoms with Crippen molar-refractivity contribution in [2.45, 2.75) is 0 Å². The second-order valence-corrected chi connectivity index (χ2v) is 3.60. The first kappa shape index (κ1) is 13.3. The molecule has 0 bridgehead atoms. The van der Waals surface area contributed by atoms with E-state index >= 15 is 0 Å². The van der Waals surface area contributed by atoms with Crippen LogP contribution in [-0.2, 0) is 9.53 Å². The maximum Gasteiger partial charge on any atom is 0.352 e. The van der Waals surface area contributed by atoms with Crippen molar-refractivity contribution < 1.29 is 14.6 Å². The van der Waals surface area contributed by atoms with Crippen LogP contribution in [0.25, 0.3) is 5.76 Å². The Morgan fingerprint density at radius 3 is 2.41 bits per heavy atom. The van der Waals surface area contributed by atoms with Gasteiger partial charge in [-0.2, -0.15) is 5.26 Å². The molecule has 0 spiro atoms. The van der Waals surface area contributed by atoms with Crippen molar-refractivity contribution in [3.05, 3.63) is 33.6 Å². The molecule has 0 aromatic carbocycles. The first-order chi connectivity index (χ1) is 7.99. The maximum absolute atomic E-state index is 11.2. The minimum atomic E-state index is -0.950. The Bertz CT molecular complexity index is 515. The average molecular weight is 273 g/mol. The fraction of sp³-hybridized carbons (Fsp3) is 0.100. The summed E-state index contributed by atoms with van der Waals surface area (Å²) in [4.78, 5) is 14.8. The number of aliphatic hydroxyl groups is 1. The minimum absolute atomic E-state index is 0.0289. The molecule has 5 nitrogen and oxygen atoms in total. The van der Waals surface area contributed by atoms with Gasteiger partial charge in [-0.1, -0.05) is 23.2 Å². The van der Waals surface area contributed by atoms with Crippen LogP contribution in [0.15, 0.2) is 17.7 Å². The Labute approximate surface area is 107 Å². The van der Waals surface area contributed by atoms with E-state index in [0.717, 1.165) is 7.11 Å². The van der Waals surface area contributed by atoms with Gasteiger partial charge >= 0.3 is 5.97 Å². The van der Waals surface area contributed by atoms with Gasteiger partial charge in [-0.3, -0.25) is 0 Å². The summed E-state index contributed by atoms with van der Waals surface area (Å²) >= 11 is 11.3. The lowest BCUT2D eigenvalue weighted by Gasteiger charge is -2.04. The van der Waals surface area contributed by atoms with Crippen molar-refractivity contribution in [2.75, 3.05) is 7.11 Å². The molecule has 0 unspecified atom stereocenters. The van der Waals surface area contributed by atoms with Gasteiger partial charge in [0.25, 0.3) is 0 Å². The lowest BCUT2D eigenvalue weighted by atomic mass is 10.1. The first-order valence-electron chi connectivity index (χ1n) is 4.24. The third-order valence-corrected chi connectivity index (χ3v) is 2.16. The topological polar surface area (TPSA) is 83.2 Å². The standard InChI is InChI=1S/C10H6Cl2N2O3/c1-17-10(16)6(4-13)9(15)5-2-7(11)14-8(12)3-5/h2-3,15H,1H3/b9-6-. The number of nitrogens with zero attached hydrogens (tertiary/aromatic N) is 2. The van der Waals surface area contributed by atoms with Gasteiger partial charge in [-0.25, -0.2) is 9.78 Å². The number of esters is 1. The highest BCUT2D eigenvalue weighted by Crippen LogP contribution is 2.22. The van der Waals surface area contributed by atoms with E-state index in [1.807, 2.05) is 0 Å². The van der Waals surface area contributed by atoms with Crippen LogP contribution in [-0.4, -0.2) is 23.2 Å². The highest BCUT2D eigenvalue weighted by atomic mass is 35.5. The second kappa shape index (κ2) is 5.53. The van der Waals surface area contributed by atoms with Crippen molar-refractivity contribution >= 4 is 34.9 Å². The number of halogens is 2. The Hall–Kier alpha value is -1.77. The fourth-order valence-electron chi connectivity index (χ4n) is 1.04. The van der Waals surface area contributed by atoms with Gasteiger partial charge in [-0.05, 0) is 12.1 Å². The number of ether oxygens (including phenoxy) is 1. The molecule has 1 rings (SSSR count). The Balaban J connectivity index is 3.35. The zero-order chi connectivity index (χ0) is 13.0. The van der Waals surface area contributed by atoms with Crippen molar-refractivity contribution in [3.63, 3.8) is 0 Å². The number of nitriles is 1. The van der Waals surface area contributed by atoms with Gasteiger partial charge < -0.3 is 9.84 Å². The van der Waals surface area contributed by atoms with Gasteiger partial charge in [0.1, 0.15) is 22.1 Å². The van der Waals surface area contributed by atoms with Gasteiger partial charge in [0, 0.05) is 5.56 Å². The van der Waals surface area contributed by atoms with Gasteiger partial charge in [-0.15, -0.1) is 0 Å². The van der Waals surface area contributed by atoms with E-state index in [9.17, 15) is 9.90 Å².